The van der Waals surface area contributed by atoms with Crippen LogP contribution in [0.15, 0.2) is 22.9 Å². The number of likely N-dealkylation sites (tertiary alicyclic amines) is 1. The van der Waals surface area contributed by atoms with Crippen molar-refractivity contribution >= 4 is 40.2 Å². The smallest absolute Gasteiger partial charge is 0.265 e. The number of carbonyl (C=O) groups is 1. The molecule has 2 aliphatic rings. The van der Waals surface area contributed by atoms with Crippen LogP contribution in [-0.2, 0) is 16.8 Å². The number of ether oxygens (including phenoxy) is 1. The Bertz CT molecular complexity index is 701. The van der Waals surface area contributed by atoms with E-state index in [2.05, 4.69) is 11.4 Å². The number of piperidine rings is 1. The van der Waals surface area contributed by atoms with Crippen molar-refractivity contribution in [3.8, 4) is 0 Å². The van der Waals surface area contributed by atoms with Gasteiger partial charge in [-0.15, -0.1) is 22.7 Å². The van der Waals surface area contributed by atoms with Gasteiger partial charge in [-0.3, -0.25) is 4.79 Å². The zero-order valence-corrected chi connectivity index (χ0v) is 14.4. The topological polar surface area (TPSA) is 29.5 Å². The first kappa shape index (κ1) is 14.7. The van der Waals surface area contributed by atoms with Crippen molar-refractivity contribution in [2.24, 2.45) is 0 Å². The van der Waals surface area contributed by atoms with Crippen molar-refractivity contribution in [1.29, 1.82) is 0 Å². The van der Waals surface area contributed by atoms with E-state index >= 15 is 0 Å². The summed E-state index contributed by atoms with van der Waals surface area (Å²) in [4.78, 5) is 16.5. The zero-order chi connectivity index (χ0) is 15.2. The van der Waals surface area contributed by atoms with Crippen LogP contribution in [0.25, 0.3) is 0 Å². The number of hydrogen-bond donors (Lipinski definition) is 0. The molecule has 1 saturated heterocycles. The molecule has 6 heteroatoms. The number of hydrogen-bond acceptors (Lipinski definition) is 4. The van der Waals surface area contributed by atoms with Crippen molar-refractivity contribution in [1.82, 2.24) is 4.90 Å². The minimum absolute atomic E-state index is 0.0528. The first-order valence-electron chi connectivity index (χ1n) is 7.43. The second-order valence-corrected chi connectivity index (χ2v) is 8.00. The van der Waals surface area contributed by atoms with Gasteiger partial charge in [-0.25, -0.2) is 0 Å². The third-order valence-electron chi connectivity index (χ3n) is 4.58. The largest absolute Gasteiger partial charge is 0.369 e. The van der Waals surface area contributed by atoms with E-state index in [-0.39, 0.29) is 11.5 Å². The van der Waals surface area contributed by atoms with Gasteiger partial charge in [0.1, 0.15) is 10.5 Å². The summed E-state index contributed by atoms with van der Waals surface area (Å²) >= 11 is 9.30. The van der Waals surface area contributed by atoms with Crippen LogP contribution in [0.1, 0.15) is 33.0 Å². The zero-order valence-electron chi connectivity index (χ0n) is 12.0. The molecule has 2 aromatic heterocycles. The minimum Gasteiger partial charge on any atom is -0.369 e. The van der Waals surface area contributed by atoms with Crippen LogP contribution in [0.2, 0.25) is 5.02 Å². The normalized spacial score (nSPS) is 20.1. The third-order valence-corrected chi connectivity index (χ3v) is 7.05. The maximum atomic E-state index is 12.6. The molecule has 0 atom stereocenters. The van der Waals surface area contributed by atoms with Crippen LogP contribution in [0.3, 0.4) is 0 Å². The summed E-state index contributed by atoms with van der Waals surface area (Å²) < 4.78 is 6.18. The summed E-state index contributed by atoms with van der Waals surface area (Å²) in [5, 5.41) is 4.58. The van der Waals surface area contributed by atoms with Gasteiger partial charge in [-0.1, -0.05) is 11.6 Å². The maximum absolute atomic E-state index is 12.6. The van der Waals surface area contributed by atoms with Crippen LogP contribution in [-0.4, -0.2) is 30.5 Å². The molecule has 0 aliphatic carbocycles. The Kier molecular flexibility index (Phi) is 3.77. The Morgan fingerprint density at radius 2 is 2.00 bits per heavy atom. The molecule has 0 bridgehead atoms. The van der Waals surface area contributed by atoms with Crippen LogP contribution >= 0.6 is 34.3 Å². The van der Waals surface area contributed by atoms with Gasteiger partial charge in [0.25, 0.3) is 5.91 Å². The second-order valence-electron chi connectivity index (χ2n) is 5.76. The summed E-state index contributed by atoms with van der Waals surface area (Å²) in [5.74, 6) is 0.0528. The van der Waals surface area contributed by atoms with Gasteiger partial charge in [0, 0.05) is 18.0 Å². The van der Waals surface area contributed by atoms with E-state index in [0.717, 1.165) is 39.0 Å². The fourth-order valence-electron chi connectivity index (χ4n) is 3.39. The number of nitrogens with zero attached hydrogens (tertiary/aromatic N) is 1. The van der Waals surface area contributed by atoms with Crippen LogP contribution in [0.5, 0.6) is 0 Å². The van der Waals surface area contributed by atoms with Crippen LogP contribution in [0.4, 0.5) is 0 Å². The van der Waals surface area contributed by atoms with E-state index in [9.17, 15) is 4.79 Å². The van der Waals surface area contributed by atoms with Crippen molar-refractivity contribution in [3.05, 3.63) is 43.2 Å². The predicted octanol–water partition coefficient (Wildman–Crippen LogP) is 4.17. The molecule has 3 nitrogen and oxygen atoms in total. The molecule has 4 heterocycles. The molecule has 22 heavy (non-hydrogen) atoms. The number of rotatable bonds is 1. The van der Waals surface area contributed by atoms with Gasteiger partial charge >= 0.3 is 0 Å². The van der Waals surface area contributed by atoms with Gasteiger partial charge in [-0.05, 0) is 47.7 Å². The average Bonchev–Trinajstić information content (AvgIpc) is 3.17. The van der Waals surface area contributed by atoms with Gasteiger partial charge in [0.15, 0.2) is 0 Å². The maximum Gasteiger partial charge on any atom is 0.265 e. The summed E-state index contributed by atoms with van der Waals surface area (Å²) in [6.45, 7) is 2.24. The average molecular weight is 354 g/mol. The molecule has 1 amide bonds. The molecule has 2 aliphatic heterocycles. The first-order valence-corrected chi connectivity index (χ1v) is 9.56. The van der Waals surface area contributed by atoms with Gasteiger partial charge in [-0.2, -0.15) is 0 Å². The molecule has 116 valence electrons. The molecule has 0 saturated carbocycles. The minimum atomic E-state index is -0.169. The van der Waals surface area contributed by atoms with Gasteiger partial charge in [0.05, 0.1) is 11.6 Å². The third kappa shape index (κ3) is 2.31. The summed E-state index contributed by atoms with van der Waals surface area (Å²) in [5.41, 5.74) is 1.26. The molecule has 0 aromatic carbocycles. The highest BCUT2D eigenvalue weighted by Gasteiger charge is 2.42. The first-order chi connectivity index (χ1) is 10.7. The van der Waals surface area contributed by atoms with Crippen molar-refractivity contribution in [3.63, 3.8) is 0 Å². The lowest BCUT2D eigenvalue weighted by Gasteiger charge is -2.43. The Hall–Kier alpha value is -0.880. The molecule has 2 aromatic rings. The molecule has 0 unspecified atom stereocenters. The van der Waals surface area contributed by atoms with Crippen LogP contribution < -0.4 is 0 Å². The predicted molar refractivity (Wildman–Crippen MR) is 90.1 cm³/mol. The Morgan fingerprint density at radius 3 is 2.73 bits per heavy atom. The Balaban J connectivity index is 1.52. The van der Waals surface area contributed by atoms with Gasteiger partial charge in [0.2, 0.25) is 0 Å². The quantitative estimate of drug-likeness (QED) is 0.770. The van der Waals surface area contributed by atoms with Crippen molar-refractivity contribution in [2.45, 2.75) is 24.9 Å². The SMILES string of the molecule is O=C(c1sccc1Cl)N1CCC2(CC1)OCCc1ccsc12. The summed E-state index contributed by atoms with van der Waals surface area (Å²) in [6.07, 6.45) is 2.75. The molecule has 1 fully saturated rings. The second kappa shape index (κ2) is 5.64. The molecular formula is C16H16ClNO2S2. The monoisotopic (exact) mass is 353 g/mol. The van der Waals surface area contributed by atoms with Gasteiger partial charge < -0.3 is 9.64 Å². The fourth-order valence-corrected chi connectivity index (χ4v) is 5.66. The summed E-state index contributed by atoms with van der Waals surface area (Å²) in [6, 6.07) is 4.00. The lowest BCUT2D eigenvalue weighted by molar-refractivity contribution is -0.0905. The fraction of sp³-hybridized carbons (Fsp3) is 0.438. The van der Waals surface area contributed by atoms with E-state index in [4.69, 9.17) is 16.3 Å². The lowest BCUT2D eigenvalue weighted by Crippen LogP contribution is -2.47. The lowest BCUT2D eigenvalue weighted by atomic mass is 9.85. The molecule has 4 rings (SSSR count). The number of carbonyl (C=O) groups excluding carboxylic acids is 1. The van der Waals surface area contributed by atoms with Crippen LogP contribution in [0, 0.1) is 0 Å². The highest BCUT2D eigenvalue weighted by Crippen LogP contribution is 2.44. The van der Waals surface area contributed by atoms with Crippen molar-refractivity contribution < 1.29 is 9.53 Å². The molecule has 0 radical (unpaired) electrons. The highest BCUT2D eigenvalue weighted by atomic mass is 35.5. The number of amides is 1. The van der Waals surface area contributed by atoms with Crippen molar-refractivity contribution in [2.75, 3.05) is 19.7 Å². The van der Waals surface area contributed by atoms with E-state index < -0.39 is 0 Å². The van der Waals surface area contributed by atoms with E-state index in [1.54, 1.807) is 17.4 Å². The Labute approximate surface area is 142 Å². The molecular weight excluding hydrogens is 338 g/mol. The molecule has 1 spiro atoms. The molecule has 0 N–H and O–H groups in total. The highest BCUT2D eigenvalue weighted by molar-refractivity contribution is 7.12. The number of fused-ring (bicyclic) bond motifs is 2. The number of halogens is 1. The number of thiophene rings is 2. The summed E-state index contributed by atoms with van der Waals surface area (Å²) in [7, 11) is 0. The van der Waals surface area contributed by atoms with E-state index in [1.807, 2.05) is 10.3 Å². The van der Waals surface area contributed by atoms with E-state index in [0.29, 0.717) is 9.90 Å². The Morgan fingerprint density at radius 1 is 1.23 bits per heavy atom. The standard InChI is InChI=1S/C16H16ClNO2S2/c17-12-3-10-21-13(12)15(19)18-6-4-16(5-7-18)14-11(1-8-20-16)2-9-22-14/h2-3,9-10H,1,4-8H2. The van der Waals surface area contributed by atoms with E-state index in [1.165, 1.54) is 21.8 Å².